The van der Waals surface area contributed by atoms with Gasteiger partial charge in [0.15, 0.2) is 5.69 Å². The van der Waals surface area contributed by atoms with Crippen LogP contribution < -0.4 is 5.32 Å². The molecule has 0 saturated carbocycles. The molecule has 1 N–H and O–H groups in total. The molecule has 1 unspecified atom stereocenters. The van der Waals surface area contributed by atoms with Crippen LogP contribution in [0.25, 0.3) is 0 Å². The summed E-state index contributed by atoms with van der Waals surface area (Å²) in [6.07, 6.45) is 3.91. The maximum Gasteiger partial charge on any atom is 0.273 e. The number of aryl methyl sites for hydroxylation is 1. The Balaban J connectivity index is 1.59. The first-order valence-electron chi connectivity index (χ1n) is 9.34. The van der Waals surface area contributed by atoms with Crippen molar-refractivity contribution >= 4 is 15.9 Å². The summed E-state index contributed by atoms with van der Waals surface area (Å²) < 4.78 is 35.7. The van der Waals surface area contributed by atoms with Crippen LogP contribution in [0.15, 0.2) is 10.6 Å². The van der Waals surface area contributed by atoms with Crippen molar-refractivity contribution in [2.75, 3.05) is 45.6 Å². The average Bonchev–Trinajstić information content (AvgIpc) is 3.28. The SMILES string of the molecule is Cc1cc(C(=O)NCCN(C2CCOCC2)C2CCN(S(C)(=O)=O)C2)no1. The van der Waals surface area contributed by atoms with Crippen molar-refractivity contribution in [1.82, 2.24) is 19.7 Å². The molecule has 9 nitrogen and oxygen atoms in total. The predicted molar refractivity (Wildman–Crippen MR) is 98.9 cm³/mol. The zero-order chi connectivity index (χ0) is 19.4. The van der Waals surface area contributed by atoms with E-state index in [2.05, 4.69) is 15.4 Å². The molecule has 152 valence electrons. The van der Waals surface area contributed by atoms with Crippen molar-refractivity contribution in [3.05, 3.63) is 17.5 Å². The van der Waals surface area contributed by atoms with Gasteiger partial charge in [-0.25, -0.2) is 12.7 Å². The molecular formula is C17H28N4O5S. The van der Waals surface area contributed by atoms with Crippen molar-refractivity contribution in [3.63, 3.8) is 0 Å². The van der Waals surface area contributed by atoms with Gasteiger partial charge in [0.1, 0.15) is 5.76 Å². The molecule has 1 atom stereocenters. The minimum atomic E-state index is -3.17. The standard InChI is InChI=1S/C17H28N4O5S/c1-13-11-16(19-26-13)17(22)18-6-8-21(14-4-9-25-10-5-14)15-3-7-20(12-15)27(2,23)24/h11,14-15H,3-10,12H2,1-2H3,(H,18,22). The number of aromatic nitrogens is 1. The lowest BCUT2D eigenvalue weighted by molar-refractivity contribution is 0.0194. The molecule has 2 aliphatic heterocycles. The molecule has 27 heavy (non-hydrogen) atoms. The number of hydrogen-bond acceptors (Lipinski definition) is 7. The normalized spacial score (nSPS) is 22.4. The van der Waals surface area contributed by atoms with Crippen LogP contribution in [-0.2, 0) is 14.8 Å². The number of nitrogens with one attached hydrogen (secondary N) is 1. The van der Waals surface area contributed by atoms with Gasteiger partial charge in [-0.05, 0) is 26.2 Å². The monoisotopic (exact) mass is 400 g/mol. The number of nitrogens with zero attached hydrogens (tertiary/aromatic N) is 3. The molecule has 0 aromatic carbocycles. The zero-order valence-electron chi connectivity index (χ0n) is 15.9. The first kappa shape index (κ1) is 20.2. The fourth-order valence-electron chi connectivity index (χ4n) is 3.83. The van der Waals surface area contributed by atoms with Crippen LogP contribution in [0.5, 0.6) is 0 Å². The summed E-state index contributed by atoms with van der Waals surface area (Å²) in [6, 6.07) is 2.11. The molecule has 1 amide bonds. The number of amides is 1. The Bertz CT molecular complexity index is 744. The van der Waals surface area contributed by atoms with Gasteiger partial charge in [0.2, 0.25) is 10.0 Å². The first-order chi connectivity index (χ1) is 12.8. The summed E-state index contributed by atoms with van der Waals surface area (Å²) in [5.74, 6) is 0.332. The van der Waals surface area contributed by atoms with Crippen molar-refractivity contribution < 1.29 is 22.5 Å². The van der Waals surface area contributed by atoms with Gasteiger partial charge in [-0.15, -0.1) is 0 Å². The van der Waals surface area contributed by atoms with E-state index in [0.717, 1.165) is 19.3 Å². The van der Waals surface area contributed by atoms with E-state index in [1.54, 1.807) is 17.3 Å². The maximum atomic E-state index is 12.2. The molecule has 10 heteroatoms. The molecule has 2 saturated heterocycles. The van der Waals surface area contributed by atoms with Crippen LogP contribution in [0.2, 0.25) is 0 Å². The second-order valence-electron chi connectivity index (χ2n) is 7.22. The highest BCUT2D eigenvalue weighted by molar-refractivity contribution is 7.88. The highest BCUT2D eigenvalue weighted by atomic mass is 32.2. The van der Waals surface area contributed by atoms with Gasteiger partial charge in [-0.3, -0.25) is 9.69 Å². The van der Waals surface area contributed by atoms with E-state index in [1.165, 1.54) is 6.26 Å². The van der Waals surface area contributed by atoms with Crippen molar-refractivity contribution in [1.29, 1.82) is 0 Å². The Morgan fingerprint density at radius 2 is 2.07 bits per heavy atom. The third-order valence-electron chi connectivity index (χ3n) is 5.24. The Labute approximate surface area is 160 Å². The number of sulfonamides is 1. The molecule has 2 aliphatic rings. The Kier molecular flexibility index (Phi) is 6.51. The van der Waals surface area contributed by atoms with E-state index < -0.39 is 10.0 Å². The molecule has 0 aliphatic carbocycles. The lowest BCUT2D eigenvalue weighted by Crippen LogP contribution is -2.50. The second-order valence-corrected chi connectivity index (χ2v) is 9.21. The minimum absolute atomic E-state index is 0.161. The summed E-state index contributed by atoms with van der Waals surface area (Å²) in [7, 11) is -3.17. The lowest BCUT2D eigenvalue weighted by atomic mass is 10.0. The van der Waals surface area contributed by atoms with Crippen LogP contribution in [0.4, 0.5) is 0 Å². The van der Waals surface area contributed by atoms with Crippen LogP contribution in [-0.4, -0.2) is 86.4 Å². The quantitative estimate of drug-likeness (QED) is 0.698. The summed E-state index contributed by atoms with van der Waals surface area (Å²) in [5.41, 5.74) is 0.272. The van der Waals surface area contributed by atoms with Gasteiger partial charge >= 0.3 is 0 Å². The van der Waals surface area contributed by atoms with Crippen molar-refractivity contribution in [3.8, 4) is 0 Å². The number of rotatable bonds is 7. The Morgan fingerprint density at radius 1 is 1.33 bits per heavy atom. The first-order valence-corrected chi connectivity index (χ1v) is 11.2. The highest BCUT2D eigenvalue weighted by Gasteiger charge is 2.35. The van der Waals surface area contributed by atoms with Gasteiger partial charge in [0.25, 0.3) is 5.91 Å². The number of hydrogen-bond donors (Lipinski definition) is 1. The van der Waals surface area contributed by atoms with E-state index >= 15 is 0 Å². The topological polar surface area (TPSA) is 105 Å². The third kappa shape index (κ3) is 5.28. The summed E-state index contributed by atoms with van der Waals surface area (Å²) in [4.78, 5) is 14.5. The second kappa shape index (κ2) is 8.68. The lowest BCUT2D eigenvalue weighted by Gasteiger charge is -2.38. The molecule has 0 spiro atoms. The predicted octanol–water partition coefficient (Wildman–Crippen LogP) is 0.228. The van der Waals surface area contributed by atoms with E-state index in [1.807, 2.05) is 0 Å². The Hall–Kier alpha value is -1.49. The molecule has 3 rings (SSSR count). The molecule has 3 heterocycles. The van der Waals surface area contributed by atoms with E-state index in [9.17, 15) is 13.2 Å². The number of carbonyl (C=O) groups excluding carboxylic acids is 1. The summed E-state index contributed by atoms with van der Waals surface area (Å²) >= 11 is 0. The van der Waals surface area contributed by atoms with Gasteiger partial charge in [0, 0.05) is 57.5 Å². The van der Waals surface area contributed by atoms with Gasteiger partial charge in [0.05, 0.1) is 6.26 Å². The third-order valence-corrected chi connectivity index (χ3v) is 6.51. The van der Waals surface area contributed by atoms with Crippen molar-refractivity contribution in [2.24, 2.45) is 0 Å². The van der Waals surface area contributed by atoms with Crippen molar-refractivity contribution in [2.45, 2.75) is 38.3 Å². The molecule has 1 aromatic rings. The van der Waals surface area contributed by atoms with Gasteiger partial charge in [-0.1, -0.05) is 5.16 Å². The largest absolute Gasteiger partial charge is 0.381 e. The van der Waals surface area contributed by atoms with E-state index in [4.69, 9.17) is 9.26 Å². The number of ether oxygens (including phenoxy) is 1. The summed E-state index contributed by atoms with van der Waals surface area (Å²) in [6.45, 7) is 5.36. The van der Waals surface area contributed by atoms with Crippen LogP contribution in [0.1, 0.15) is 35.5 Å². The number of carbonyl (C=O) groups is 1. The van der Waals surface area contributed by atoms with E-state index in [0.29, 0.717) is 51.2 Å². The van der Waals surface area contributed by atoms with Gasteiger partial charge in [-0.2, -0.15) is 0 Å². The fraction of sp³-hybridized carbons (Fsp3) is 0.765. The fourth-order valence-corrected chi connectivity index (χ4v) is 4.71. The van der Waals surface area contributed by atoms with Crippen LogP contribution >= 0.6 is 0 Å². The molecule has 1 aromatic heterocycles. The minimum Gasteiger partial charge on any atom is -0.381 e. The zero-order valence-corrected chi connectivity index (χ0v) is 16.7. The molecule has 0 radical (unpaired) electrons. The highest BCUT2D eigenvalue weighted by Crippen LogP contribution is 2.24. The average molecular weight is 401 g/mol. The van der Waals surface area contributed by atoms with Gasteiger partial charge < -0.3 is 14.6 Å². The smallest absolute Gasteiger partial charge is 0.273 e. The molecule has 2 fully saturated rings. The van der Waals surface area contributed by atoms with Crippen LogP contribution in [0, 0.1) is 6.92 Å². The maximum absolute atomic E-state index is 12.2. The van der Waals surface area contributed by atoms with E-state index in [-0.39, 0.29) is 17.6 Å². The molecular weight excluding hydrogens is 372 g/mol. The summed E-state index contributed by atoms with van der Waals surface area (Å²) in [5, 5.41) is 6.61. The molecule has 0 bridgehead atoms. The Morgan fingerprint density at radius 3 is 2.67 bits per heavy atom. The van der Waals surface area contributed by atoms with Crippen LogP contribution in [0.3, 0.4) is 0 Å².